The number of hydrogen-bond acceptors (Lipinski definition) is 1. The fourth-order valence-electron chi connectivity index (χ4n) is 0.300. The van der Waals surface area contributed by atoms with E-state index in [9.17, 15) is 0 Å². The molecule has 0 bridgehead atoms. The van der Waals surface area contributed by atoms with Crippen molar-refractivity contribution in [3.05, 3.63) is 0 Å². The van der Waals surface area contributed by atoms with Gasteiger partial charge in [0.25, 0.3) is 0 Å². The molecule has 1 rings (SSSR count). The van der Waals surface area contributed by atoms with Gasteiger partial charge in [-0.05, 0) is 0 Å². The van der Waals surface area contributed by atoms with Gasteiger partial charge in [0.1, 0.15) is 0 Å². The van der Waals surface area contributed by atoms with Gasteiger partial charge in [-0.2, -0.15) is 0 Å². The molecule has 0 aromatic rings. The molecule has 1 nitrogen and oxygen atoms in total. The molecule has 0 aromatic carbocycles. The molecule has 2 heteroatoms. The molecular formula is C3H7NTe. The van der Waals surface area contributed by atoms with Gasteiger partial charge in [-0.15, -0.1) is 0 Å². The van der Waals surface area contributed by atoms with Crippen LogP contribution in [0.2, 0.25) is 0 Å². The van der Waals surface area contributed by atoms with E-state index in [1.807, 2.05) is 22.6 Å². The molecule has 0 atom stereocenters. The van der Waals surface area contributed by atoms with Gasteiger partial charge < -0.3 is 0 Å². The second-order valence-electron chi connectivity index (χ2n) is 1.31. The minimum atomic E-state index is 1.34. The van der Waals surface area contributed by atoms with Crippen LogP contribution in [0, 0.1) is 0 Å². The third-order valence-corrected chi connectivity index (χ3v) is 1.97. The molecule has 1 aliphatic heterocycles. The predicted octanol–water partition coefficient (Wildman–Crippen LogP) is -0.492. The third kappa shape index (κ3) is 0.788. The maximum atomic E-state index is 2.36. The maximum absolute atomic E-state index is 2.36. The molecule has 0 spiro atoms. The monoisotopic (exact) mass is 187 g/mol. The van der Waals surface area contributed by atoms with E-state index in [1.54, 1.807) is 0 Å². The molecule has 0 aromatic heterocycles. The van der Waals surface area contributed by atoms with Crippen molar-refractivity contribution in [1.29, 1.82) is 0 Å². The number of rotatable bonds is 0. The standard InChI is InChI=1S/C3H7NTe/c5-4-2-1-3-4/h5H,1-3H2. The van der Waals surface area contributed by atoms with Crippen LogP contribution in [0.5, 0.6) is 0 Å². The zero-order valence-corrected chi connectivity index (χ0v) is 5.57. The van der Waals surface area contributed by atoms with Gasteiger partial charge in [0.05, 0.1) is 0 Å². The summed E-state index contributed by atoms with van der Waals surface area (Å²) in [5.41, 5.74) is 0. The summed E-state index contributed by atoms with van der Waals surface area (Å²) in [5.74, 6) is 0. The Hall–Kier alpha value is 0.750. The molecule has 0 N–H and O–H groups in total. The van der Waals surface area contributed by atoms with E-state index in [2.05, 4.69) is 3.15 Å². The van der Waals surface area contributed by atoms with E-state index in [1.165, 1.54) is 19.5 Å². The van der Waals surface area contributed by atoms with Gasteiger partial charge in [-0.1, -0.05) is 0 Å². The average molecular weight is 185 g/mol. The Balaban J connectivity index is 2.08. The predicted molar refractivity (Wildman–Crippen MR) is 23.3 cm³/mol. The summed E-state index contributed by atoms with van der Waals surface area (Å²) < 4.78 is 2.36. The first-order chi connectivity index (χ1) is 2.39. The van der Waals surface area contributed by atoms with Crippen molar-refractivity contribution < 1.29 is 0 Å². The summed E-state index contributed by atoms with van der Waals surface area (Å²) in [7, 11) is 0. The Morgan fingerprint density at radius 3 is 1.80 bits per heavy atom. The van der Waals surface area contributed by atoms with Gasteiger partial charge in [0.15, 0.2) is 0 Å². The van der Waals surface area contributed by atoms with Gasteiger partial charge in [-0.25, -0.2) is 0 Å². The molecule has 0 unspecified atom stereocenters. The summed E-state index contributed by atoms with van der Waals surface area (Å²) >= 11 is 1.84. The summed E-state index contributed by atoms with van der Waals surface area (Å²) in [6.07, 6.45) is 1.43. The zero-order chi connectivity index (χ0) is 3.70. The van der Waals surface area contributed by atoms with Crippen molar-refractivity contribution in [2.24, 2.45) is 0 Å². The van der Waals surface area contributed by atoms with Crippen molar-refractivity contribution in [3.8, 4) is 0 Å². The van der Waals surface area contributed by atoms with E-state index in [0.29, 0.717) is 0 Å². The van der Waals surface area contributed by atoms with Crippen LogP contribution in [0.15, 0.2) is 0 Å². The molecule has 1 aliphatic rings. The Kier molecular flexibility index (Phi) is 1.15. The van der Waals surface area contributed by atoms with E-state index in [0.717, 1.165) is 0 Å². The van der Waals surface area contributed by atoms with Crippen LogP contribution in [0.4, 0.5) is 0 Å². The van der Waals surface area contributed by atoms with Crippen LogP contribution < -0.4 is 0 Å². The normalized spacial score (nSPS) is 25.8. The van der Waals surface area contributed by atoms with E-state index < -0.39 is 0 Å². The number of hydrogen-bond donors (Lipinski definition) is 0. The molecule has 1 saturated heterocycles. The van der Waals surface area contributed by atoms with Gasteiger partial charge in [0, 0.05) is 0 Å². The summed E-state index contributed by atoms with van der Waals surface area (Å²) in [4.78, 5) is 0. The summed E-state index contributed by atoms with van der Waals surface area (Å²) in [6, 6.07) is 0. The second-order valence-corrected chi connectivity index (χ2v) is 2.92. The summed E-state index contributed by atoms with van der Waals surface area (Å²) in [5, 5.41) is 0. The van der Waals surface area contributed by atoms with Crippen LogP contribution in [0.25, 0.3) is 0 Å². The fraction of sp³-hybridized carbons (Fsp3) is 1.00. The molecule has 0 saturated carbocycles. The number of nitrogens with zero attached hydrogens (tertiary/aromatic N) is 1. The van der Waals surface area contributed by atoms with Crippen molar-refractivity contribution in [2.75, 3.05) is 13.1 Å². The average Bonchev–Trinajstić information content (AvgIpc) is 1.30. The van der Waals surface area contributed by atoms with Crippen LogP contribution in [0.3, 0.4) is 0 Å². The van der Waals surface area contributed by atoms with Crippen molar-refractivity contribution in [2.45, 2.75) is 6.42 Å². The van der Waals surface area contributed by atoms with Crippen molar-refractivity contribution in [3.63, 3.8) is 0 Å². The SMILES string of the molecule is [TeH]N1CCC1. The van der Waals surface area contributed by atoms with Gasteiger partial charge in [0.2, 0.25) is 0 Å². The van der Waals surface area contributed by atoms with E-state index in [-0.39, 0.29) is 0 Å². The topological polar surface area (TPSA) is 3.24 Å². The molecule has 0 amide bonds. The van der Waals surface area contributed by atoms with Gasteiger partial charge >= 0.3 is 45.2 Å². The van der Waals surface area contributed by atoms with Crippen LogP contribution in [-0.4, -0.2) is 38.8 Å². The van der Waals surface area contributed by atoms with Crippen LogP contribution in [0.1, 0.15) is 6.42 Å². The van der Waals surface area contributed by atoms with Gasteiger partial charge in [-0.3, -0.25) is 0 Å². The molecule has 30 valence electrons. The first-order valence-electron chi connectivity index (χ1n) is 1.83. The quantitative estimate of drug-likeness (QED) is 0.460. The van der Waals surface area contributed by atoms with Crippen LogP contribution >= 0.6 is 0 Å². The third-order valence-electron chi connectivity index (χ3n) is 0.832. The van der Waals surface area contributed by atoms with E-state index in [4.69, 9.17) is 0 Å². The fourth-order valence-corrected chi connectivity index (χ4v) is 1.11. The Bertz CT molecular complexity index is 33.9. The molecule has 0 aliphatic carbocycles. The molecule has 1 fully saturated rings. The Morgan fingerprint density at radius 1 is 1.40 bits per heavy atom. The van der Waals surface area contributed by atoms with Crippen molar-refractivity contribution in [1.82, 2.24) is 3.15 Å². The summed E-state index contributed by atoms with van der Waals surface area (Å²) in [6.45, 7) is 2.68. The Morgan fingerprint density at radius 2 is 1.80 bits per heavy atom. The molecule has 5 heavy (non-hydrogen) atoms. The molecule has 1 heterocycles. The van der Waals surface area contributed by atoms with Crippen molar-refractivity contribution >= 4 is 22.6 Å². The first kappa shape index (κ1) is 3.92. The van der Waals surface area contributed by atoms with Crippen LogP contribution in [-0.2, 0) is 0 Å². The minimum absolute atomic E-state index is 1.34. The Labute approximate surface area is 45.6 Å². The molecule has 0 radical (unpaired) electrons. The molecular weight excluding hydrogens is 178 g/mol. The first-order valence-corrected chi connectivity index (χ1v) is 2.97. The second kappa shape index (κ2) is 1.47. The van der Waals surface area contributed by atoms with E-state index >= 15 is 0 Å². The zero-order valence-electron chi connectivity index (χ0n) is 3.02.